The van der Waals surface area contributed by atoms with Crippen LogP contribution in [0.4, 0.5) is 0 Å². The van der Waals surface area contributed by atoms with Gasteiger partial charge in [0, 0.05) is 19.1 Å². The van der Waals surface area contributed by atoms with E-state index in [-0.39, 0.29) is 24.8 Å². The number of carbonyl (C=O) groups excluding carboxylic acids is 1. The van der Waals surface area contributed by atoms with Gasteiger partial charge in [-0.3, -0.25) is 14.5 Å². The Hall–Kier alpha value is -2.28. The quantitative estimate of drug-likeness (QED) is 0.595. The van der Waals surface area contributed by atoms with Crippen LogP contribution in [0.15, 0.2) is 12.1 Å². The third kappa shape index (κ3) is 5.70. The summed E-state index contributed by atoms with van der Waals surface area (Å²) < 4.78 is 16.6. The molecular weight excluding hydrogens is 398 g/mol. The van der Waals surface area contributed by atoms with Crippen LogP contribution in [0.2, 0.25) is 0 Å². The standard InChI is InChI=1S/C24H35NO6/c1-15(2)9-17-13-25-8-7-16-11-21(29-3)22(30-4)12-19(16)20(25)10-18(17)14-31-24(28)6-5-23(26)27/h11-12,15,17-18,20H,5-10,13-14H2,1-4H3,(H,26,27)/t17-,18+,20-/m1/s1. The first-order valence-corrected chi connectivity index (χ1v) is 11.2. The van der Waals surface area contributed by atoms with E-state index in [1.807, 2.05) is 0 Å². The molecule has 3 atom stereocenters. The molecule has 3 rings (SSSR count). The van der Waals surface area contributed by atoms with Gasteiger partial charge < -0.3 is 19.3 Å². The number of carbonyl (C=O) groups is 2. The van der Waals surface area contributed by atoms with E-state index in [0.29, 0.717) is 18.4 Å². The first-order valence-electron chi connectivity index (χ1n) is 11.2. The summed E-state index contributed by atoms with van der Waals surface area (Å²) in [6, 6.07) is 4.45. The summed E-state index contributed by atoms with van der Waals surface area (Å²) in [6.07, 6.45) is 2.71. The van der Waals surface area contributed by atoms with Crippen molar-refractivity contribution in [2.45, 2.75) is 52.0 Å². The predicted molar refractivity (Wildman–Crippen MR) is 116 cm³/mol. The molecule has 0 unspecified atom stereocenters. The van der Waals surface area contributed by atoms with Crippen LogP contribution in [0, 0.1) is 17.8 Å². The number of fused-ring (bicyclic) bond motifs is 3. The lowest BCUT2D eigenvalue weighted by Crippen LogP contribution is -2.47. The third-order valence-electron chi connectivity index (χ3n) is 6.55. The minimum Gasteiger partial charge on any atom is -0.493 e. The van der Waals surface area contributed by atoms with Crippen molar-refractivity contribution in [1.82, 2.24) is 4.90 Å². The van der Waals surface area contributed by atoms with Crippen LogP contribution in [0.25, 0.3) is 0 Å². The normalized spacial score (nSPS) is 23.1. The highest BCUT2D eigenvalue weighted by Crippen LogP contribution is 2.45. The van der Waals surface area contributed by atoms with Crippen LogP contribution in [0.1, 0.15) is 56.7 Å². The van der Waals surface area contributed by atoms with Gasteiger partial charge in [-0.2, -0.15) is 0 Å². The highest BCUT2D eigenvalue weighted by atomic mass is 16.5. The third-order valence-corrected chi connectivity index (χ3v) is 6.55. The first kappa shape index (κ1) is 23.4. The molecule has 0 saturated carbocycles. The van der Waals surface area contributed by atoms with E-state index >= 15 is 0 Å². The molecule has 7 nitrogen and oxygen atoms in total. The number of carboxylic acid groups (broad SMARTS) is 1. The summed E-state index contributed by atoms with van der Waals surface area (Å²) in [7, 11) is 3.31. The van der Waals surface area contributed by atoms with Gasteiger partial charge in [-0.05, 0) is 60.3 Å². The second-order valence-electron chi connectivity index (χ2n) is 9.13. The Bertz CT molecular complexity index is 793. The number of benzene rings is 1. The van der Waals surface area contributed by atoms with Gasteiger partial charge in [0.2, 0.25) is 0 Å². The lowest BCUT2D eigenvalue weighted by Gasteiger charge is -2.47. The molecule has 2 heterocycles. The molecule has 2 aliphatic heterocycles. The fraction of sp³-hybridized carbons (Fsp3) is 0.667. The number of rotatable bonds is 9. The Morgan fingerprint density at radius 3 is 2.48 bits per heavy atom. The second kappa shape index (κ2) is 10.4. The first-order chi connectivity index (χ1) is 14.8. The summed E-state index contributed by atoms with van der Waals surface area (Å²) in [4.78, 5) is 25.3. The summed E-state index contributed by atoms with van der Waals surface area (Å²) >= 11 is 0. The van der Waals surface area contributed by atoms with Crippen molar-refractivity contribution < 1.29 is 28.9 Å². The van der Waals surface area contributed by atoms with Crippen LogP contribution in [-0.4, -0.2) is 55.9 Å². The topological polar surface area (TPSA) is 85.3 Å². The zero-order chi connectivity index (χ0) is 22.5. The molecule has 0 bridgehead atoms. The number of aliphatic carboxylic acids is 1. The Kier molecular flexibility index (Phi) is 7.81. The molecule has 1 saturated heterocycles. The lowest BCUT2D eigenvalue weighted by molar-refractivity contribution is -0.150. The molecule has 1 aromatic rings. The molecule has 0 aliphatic carbocycles. The zero-order valence-corrected chi connectivity index (χ0v) is 19.1. The van der Waals surface area contributed by atoms with Crippen molar-refractivity contribution in [2.75, 3.05) is 33.9 Å². The van der Waals surface area contributed by atoms with Crippen molar-refractivity contribution in [3.63, 3.8) is 0 Å². The SMILES string of the molecule is COc1cc2c(cc1OC)[C@H]1C[C@@H](COC(=O)CCC(=O)O)[C@H](CC(C)C)CN1CC2. The molecule has 0 radical (unpaired) electrons. The highest BCUT2D eigenvalue weighted by Gasteiger charge is 2.40. The highest BCUT2D eigenvalue weighted by molar-refractivity contribution is 5.76. The number of carboxylic acids is 1. The Labute approximate surface area is 184 Å². The summed E-state index contributed by atoms with van der Waals surface area (Å²) in [5.41, 5.74) is 2.56. The number of hydrogen-bond acceptors (Lipinski definition) is 6. The molecular formula is C24H35NO6. The fourth-order valence-electron chi connectivity index (χ4n) is 5.06. The minimum atomic E-state index is -0.980. The van der Waals surface area contributed by atoms with E-state index in [4.69, 9.17) is 19.3 Å². The number of esters is 1. The predicted octanol–water partition coefficient (Wildman–Crippen LogP) is 3.69. The molecule has 172 valence electrons. The largest absolute Gasteiger partial charge is 0.493 e. The summed E-state index contributed by atoms with van der Waals surface area (Å²) in [5.74, 6) is 1.35. The van der Waals surface area contributed by atoms with E-state index in [1.54, 1.807) is 14.2 Å². The lowest BCUT2D eigenvalue weighted by atomic mass is 9.74. The van der Waals surface area contributed by atoms with E-state index in [0.717, 1.165) is 43.9 Å². The van der Waals surface area contributed by atoms with Crippen molar-refractivity contribution in [1.29, 1.82) is 0 Å². The van der Waals surface area contributed by atoms with Crippen LogP contribution in [0.5, 0.6) is 11.5 Å². The van der Waals surface area contributed by atoms with Gasteiger partial charge in [0.1, 0.15) is 0 Å². The molecule has 1 fully saturated rings. The zero-order valence-electron chi connectivity index (χ0n) is 19.1. The minimum absolute atomic E-state index is 0.0771. The number of hydrogen-bond donors (Lipinski definition) is 1. The maximum atomic E-state index is 12.0. The Morgan fingerprint density at radius 2 is 1.84 bits per heavy atom. The van der Waals surface area contributed by atoms with E-state index in [2.05, 4.69) is 30.9 Å². The smallest absolute Gasteiger partial charge is 0.306 e. The van der Waals surface area contributed by atoms with Crippen molar-refractivity contribution in [3.8, 4) is 11.5 Å². The molecule has 0 aromatic heterocycles. The molecule has 0 amide bonds. The summed E-state index contributed by atoms with van der Waals surface area (Å²) in [6.45, 7) is 6.79. The molecule has 1 aromatic carbocycles. The van der Waals surface area contributed by atoms with Gasteiger partial charge in [-0.25, -0.2) is 0 Å². The number of nitrogens with zero attached hydrogens (tertiary/aromatic N) is 1. The van der Waals surface area contributed by atoms with Crippen molar-refractivity contribution >= 4 is 11.9 Å². The van der Waals surface area contributed by atoms with Crippen molar-refractivity contribution in [3.05, 3.63) is 23.3 Å². The Balaban J connectivity index is 1.78. The van der Waals surface area contributed by atoms with Gasteiger partial charge in [-0.1, -0.05) is 13.8 Å². The molecule has 0 spiro atoms. The van der Waals surface area contributed by atoms with Crippen LogP contribution < -0.4 is 9.47 Å². The molecule has 1 N–H and O–H groups in total. The van der Waals surface area contributed by atoms with Gasteiger partial charge in [0.15, 0.2) is 11.5 Å². The van der Waals surface area contributed by atoms with Crippen LogP contribution >= 0.6 is 0 Å². The average Bonchev–Trinajstić information content (AvgIpc) is 2.74. The van der Waals surface area contributed by atoms with Gasteiger partial charge in [0.05, 0.1) is 33.7 Å². The molecule has 2 aliphatic rings. The average molecular weight is 434 g/mol. The molecule has 31 heavy (non-hydrogen) atoms. The van der Waals surface area contributed by atoms with E-state index < -0.39 is 11.9 Å². The van der Waals surface area contributed by atoms with E-state index in [1.165, 1.54) is 11.1 Å². The number of piperidine rings is 1. The van der Waals surface area contributed by atoms with Crippen LogP contribution in [-0.2, 0) is 20.7 Å². The van der Waals surface area contributed by atoms with Crippen LogP contribution in [0.3, 0.4) is 0 Å². The number of ether oxygens (including phenoxy) is 3. The van der Waals surface area contributed by atoms with Gasteiger partial charge >= 0.3 is 11.9 Å². The van der Waals surface area contributed by atoms with Crippen molar-refractivity contribution in [2.24, 2.45) is 17.8 Å². The maximum absolute atomic E-state index is 12.0. The van der Waals surface area contributed by atoms with Gasteiger partial charge in [0.25, 0.3) is 0 Å². The fourth-order valence-corrected chi connectivity index (χ4v) is 5.06. The number of methoxy groups -OCH3 is 2. The Morgan fingerprint density at radius 1 is 1.13 bits per heavy atom. The van der Waals surface area contributed by atoms with Gasteiger partial charge in [-0.15, -0.1) is 0 Å². The monoisotopic (exact) mass is 433 g/mol. The second-order valence-corrected chi connectivity index (χ2v) is 9.13. The summed E-state index contributed by atoms with van der Waals surface area (Å²) in [5, 5.41) is 8.79. The maximum Gasteiger partial charge on any atom is 0.306 e. The van der Waals surface area contributed by atoms with E-state index in [9.17, 15) is 9.59 Å². The molecule has 7 heteroatoms.